The van der Waals surface area contributed by atoms with E-state index in [1.165, 1.54) is 6.20 Å². The third-order valence-corrected chi connectivity index (χ3v) is 2.55. The molecule has 0 radical (unpaired) electrons. The number of aromatic nitrogens is 2. The first kappa shape index (κ1) is 14.8. The Balaban J connectivity index is 0.00000144. The van der Waals surface area contributed by atoms with Crippen LogP contribution < -0.4 is 60.8 Å². The number of thioether (sulfide) groups is 1. The zero-order chi connectivity index (χ0) is 11.4. The maximum absolute atomic E-state index is 10.4. The average Bonchev–Trinajstić information content (AvgIpc) is 2.78. The quantitative estimate of drug-likeness (QED) is 0.337. The maximum atomic E-state index is 10.4. The van der Waals surface area contributed by atoms with Crippen molar-refractivity contribution in [1.82, 2.24) is 14.6 Å². The van der Waals surface area contributed by atoms with Gasteiger partial charge >= 0.3 is 57.3 Å². The Morgan fingerprint density at radius 3 is 3.06 bits per heavy atom. The molecule has 0 amide bonds. The van der Waals surface area contributed by atoms with Gasteiger partial charge in [-0.25, -0.2) is 4.98 Å². The molecular formula is C10H7KN3O2S+. The topological polar surface area (TPSA) is 66.2 Å². The molecule has 2 heterocycles. The molecule has 0 fully saturated rings. The van der Waals surface area contributed by atoms with Gasteiger partial charge in [0.05, 0.1) is 19.0 Å². The monoisotopic (exact) mass is 272 g/mol. The number of rotatable bonds is 4. The Labute approximate surface area is 145 Å². The summed E-state index contributed by atoms with van der Waals surface area (Å²) in [6.45, 7) is 2.39. The summed E-state index contributed by atoms with van der Waals surface area (Å²) >= 11 is 1.16. The van der Waals surface area contributed by atoms with E-state index in [-0.39, 0.29) is 56.4 Å². The van der Waals surface area contributed by atoms with Crippen molar-refractivity contribution < 1.29 is 60.9 Å². The van der Waals surface area contributed by atoms with Gasteiger partial charge in [-0.1, -0.05) is 4.67 Å². The summed E-state index contributed by atoms with van der Waals surface area (Å²) in [6.07, 6.45) is 4.80. The molecule has 7 heteroatoms. The molecule has 80 valence electrons. The second kappa shape index (κ2) is 7.26. The predicted octanol–water partition coefficient (Wildman–Crippen LogP) is -2.79. The predicted molar refractivity (Wildman–Crippen MR) is 62.0 cm³/mol. The van der Waals surface area contributed by atoms with Crippen molar-refractivity contribution in [2.75, 3.05) is 6.61 Å². The molecule has 5 nitrogen and oxygen atoms in total. The average molecular weight is 272 g/mol. The summed E-state index contributed by atoms with van der Waals surface area (Å²) < 4.78 is 8.97. The van der Waals surface area contributed by atoms with Gasteiger partial charge in [0, 0.05) is 0 Å². The fraction of sp³-hybridized carbons (Fsp3) is 0.200. The largest absolute Gasteiger partial charge is 1.00 e. The van der Waals surface area contributed by atoms with Crippen molar-refractivity contribution in [1.29, 1.82) is 0 Å². The van der Waals surface area contributed by atoms with Crippen LogP contribution in [0.2, 0.25) is 0 Å². The molecule has 0 aliphatic carbocycles. The number of carbonyl (C=O) groups excluding carboxylic acids is 1. The van der Waals surface area contributed by atoms with Crippen molar-refractivity contribution in [2.24, 2.45) is 0 Å². The minimum absolute atomic E-state index is 0. The van der Waals surface area contributed by atoms with Crippen molar-refractivity contribution >= 4 is 33.9 Å². The van der Waals surface area contributed by atoms with Gasteiger partial charge in [0.2, 0.25) is 10.9 Å². The van der Waals surface area contributed by atoms with Gasteiger partial charge in [0.25, 0.3) is 0 Å². The Hall–Kier alpha value is -0.234. The van der Waals surface area contributed by atoms with E-state index in [4.69, 9.17) is 4.74 Å². The van der Waals surface area contributed by atoms with Crippen molar-refractivity contribution in [3.05, 3.63) is 18.1 Å². The van der Waals surface area contributed by atoms with Crippen LogP contribution in [-0.2, 0) is 4.79 Å². The molecule has 0 bridgehead atoms. The number of hydrogen-bond acceptors (Lipinski definition) is 5. The first-order valence-electron chi connectivity index (χ1n) is 4.55. The van der Waals surface area contributed by atoms with Gasteiger partial charge in [0.15, 0.2) is 4.91 Å². The summed E-state index contributed by atoms with van der Waals surface area (Å²) in [6, 6.07) is 0. The molecule has 0 saturated carbocycles. The molecule has 1 aliphatic rings. The summed E-state index contributed by atoms with van der Waals surface area (Å²) in [5.74, 6) is 3.13. The van der Waals surface area contributed by atoms with Crippen LogP contribution in [0.15, 0.2) is 12.4 Å². The second-order valence-corrected chi connectivity index (χ2v) is 3.74. The molecule has 0 unspecified atom stereocenters. The fourth-order valence-corrected chi connectivity index (χ4v) is 1.69. The Bertz CT molecular complexity index is 534. The Morgan fingerprint density at radius 2 is 2.41 bits per heavy atom. The second-order valence-electron chi connectivity index (χ2n) is 2.74. The fourth-order valence-electron chi connectivity index (χ4n) is 1.07. The summed E-state index contributed by atoms with van der Waals surface area (Å²) in [5.41, 5.74) is 0.588. The molecule has 1 aromatic rings. The van der Waals surface area contributed by atoms with Gasteiger partial charge in [-0.3, -0.25) is 4.98 Å². The van der Waals surface area contributed by atoms with E-state index in [1.807, 2.05) is 6.92 Å². The molecular weight excluding hydrogens is 265 g/mol. The standard InChI is InChI=1S/C10H7N3O2S.K/c1-2-15-9-5-11-3-7(13-9)8-4-12-10(6-14)16-8;/h3,5H,2H2,1H3;/q;+1. The van der Waals surface area contributed by atoms with Crippen LogP contribution >= 0.6 is 11.8 Å². The van der Waals surface area contributed by atoms with Crippen molar-refractivity contribution in [3.8, 4) is 5.88 Å². The SMILES string of the molecule is CCOc1cncc(C2=C=[N+]=C([C-]=O)S2)n1.[K+]. The third-order valence-electron chi connectivity index (χ3n) is 1.68. The molecule has 17 heavy (non-hydrogen) atoms. The van der Waals surface area contributed by atoms with E-state index < -0.39 is 0 Å². The summed E-state index contributed by atoms with van der Waals surface area (Å²) in [7, 11) is 0. The van der Waals surface area contributed by atoms with Gasteiger partial charge in [-0.05, 0) is 18.7 Å². The van der Waals surface area contributed by atoms with E-state index in [2.05, 4.69) is 20.5 Å². The zero-order valence-electron chi connectivity index (χ0n) is 9.43. The molecule has 0 N–H and O–H groups in total. The van der Waals surface area contributed by atoms with Gasteiger partial charge < -0.3 is 9.53 Å². The van der Waals surface area contributed by atoms with Gasteiger partial charge in [-0.2, -0.15) is 0 Å². The van der Waals surface area contributed by atoms with Crippen LogP contribution in [0.25, 0.3) is 4.91 Å². The minimum atomic E-state index is 0. The zero-order valence-corrected chi connectivity index (χ0v) is 13.4. The third kappa shape index (κ3) is 3.88. The van der Waals surface area contributed by atoms with Crippen molar-refractivity contribution in [2.45, 2.75) is 6.92 Å². The van der Waals surface area contributed by atoms with Crippen molar-refractivity contribution in [3.63, 3.8) is 0 Å². The van der Waals surface area contributed by atoms with Gasteiger partial charge in [-0.15, -0.1) is 6.29 Å². The van der Waals surface area contributed by atoms with Crippen LogP contribution in [0.3, 0.4) is 0 Å². The maximum Gasteiger partial charge on any atom is 1.00 e. The van der Waals surface area contributed by atoms with Crippen LogP contribution in [0, 0.1) is 0 Å². The molecule has 2 rings (SSSR count). The van der Waals surface area contributed by atoms with E-state index in [1.54, 1.807) is 12.5 Å². The van der Waals surface area contributed by atoms with E-state index in [9.17, 15) is 4.79 Å². The first-order valence-corrected chi connectivity index (χ1v) is 5.37. The molecule has 0 spiro atoms. The molecule has 0 aromatic carbocycles. The summed E-state index contributed by atoms with van der Waals surface area (Å²) in [4.78, 5) is 19.2. The molecule has 0 saturated heterocycles. The van der Waals surface area contributed by atoms with Crippen LogP contribution in [0.5, 0.6) is 5.88 Å². The van der Waals surface area contributed by atoms with Crippen LogP contribution in [0.4, 0.5) is 0 Å². The molecule has 1 aromatic heterocycles. The molecule has 0 atom stereocenters. The summed E-state index contributed by atoms with van der Waals surface area (Å²) in [5, 5.41) is 0.249. The Morgan fingerprint density at radius 1 is 1.59 bits per heavy atom. The molecule has 1 aliphatic heterocycles. The van der Waals surface area contributed by atoms with E-state index in [0.29, 0.717) is 23.1 Å². The van der Waals surface area contributed by atoms with Gasteiger partial charge in [0.1, 0.15) is 5.69 Å². The van der Waals surface area contributed by atoms with Crippen LogP contribution in [0.1, 0.15) is 12.6 Å². The number of nitrogens with zero attached hydrogens (tertiary/aromatic N) is 3. The van der Waals surface area contributed by atoms with E-state index >= 15 is 0 Å². The number of ether oxygens (including phenoxy) is 1. The normalized spacial score (nSPS) is 12.5. The first-order chi connectivity index (χ1) is 7.83. The number of hydrogen-bond donors (Lipinski definition) is 0. The smallest absolute Gasteiger partial charge is 0.529 e. The Kier molecular flexibility index (Phi) is 6.33. The van der Waals surface area contributed by atoms with Crippen LogP contribution in [-0.4, -0.2) is 33.8 Å². The minimum Gasteiger partial charge on any atom is -0.529 e. The van der Waals surface area contributed by atoms with E-state index in [0.717, 1.165) is 11.8 Å².